The van der Waals surface area contributed by atoms with Crippen LogP contribution in [0.5, 0.6) is 0 Å². The summed E-state index contributed by atoms with van der Waals surface area (Å²) in [7, 11) is 0. The van der Waals surface area contributed by atoms with Gasteiger partial charge < -0.3 is 9.84 Å². The smallest absolute Gasteiger partial charge is 0.0681 e. The zero-order valence-corrected chi connectivity index (χ0v) is 9.69. The molecule has 0 spiro atoms. The van der Waals surface area contributed by atoms with E-state index in [0.717, 1.165) is 18.6 Å². The summed E-state index contributed by atoms with van der Waals surface area (Å²) < 4.78 is 5.81. The Hall–Kier alpha value is -0.860. The topological polar surface area (TPSA) is 29.5 Å². The second kappa shape index (κ2) is 6.02. The van der Waals surface area contributed by atoms with Crippen molar-refractivity contribution in [3.05, 3.63) is 35.4 Å². The number of hydrogen-bond donors (Lipinski definition) is 1. The van der Waals surface area contributed by atoms with E-state index in [1.165, 1.54) is 31.2 Å². The Kier molecular flexibility index (Phi) is 4.37. The maximum Gasteiger partial charge on any atom is 0.0681 e. The fourth-order valence-corrected chi connectivity index (χ4v) is 2.21. The van der Waals surface area contributed by atoms with Crippen molar-refractivity contribution >= 4 is 0 Å². The largest absolute Gasteiger partial charge is 0.392 e. The van der Waals surface area contributed by atoms with Crippen LogP contribution in [0.3, 0.4) is 0 Å². The van der Waals surface area contributed by atoms with Crippen molar-refractivity contribution in [3.8, 4) is 0 Å². The highest BCUT2D eigenvalue weighted by atomic mass is 16.5. The molecule has 0 saturated heterocycles. The highest BCUT2D eigenvalue weighted by Gasteiger charge is 2.14. The number of aliphatic hydroxyl groups excluding tert-OH is 1. The Morgan fingerprint density at radius 1 is 1.06 bits per heavy atom. The second-order valence-corrected chi connectivity index (χ2v) is 4.50. The third-order valence-corrected chi connectivity index (χ3v) is 3.25. The lowest BCUT2D eigenvalue weighted by Crippen LogP contribution is -2.10. The Balaban J connectivity index is 1.71. The number of ether oxygens (including phenoxy) is 1. The third kappa shape index (κ3) is 3.32. The minimum absolute atomic E-state index is 0.124. The number of aliphatic hydroxyl groups is 1. The molecule has 1 aromatic rings. The van der Waals surface area contributed by atoms with Crippen LogP contribution < -0.4 is 0 Å². The van der Waals surface area contributed by atoms with E-state index in [0.29, 0.717) is 6.10 Å². The summed E-state index contributed by atoms with van der Waals surface area (Å²) in [6.07, 6.45) is 6.62. The molecule has 0 aromatic heterocycles. The summed E-state index contributed by atoms with van der Waals surface area (Å²) in [6.45, 7) is 0.946. The first kappa shape index (κ1) is 11.6. The van der Waals surface area contributed by atoms with Gasteiger partial charge in [-0.1, -0.05) is 37.1 Å². The predicted molar refractivity (Wildman–Crippen MR) is 64.3 cm³/mol. The third-order valence-electron chi connectivity index (χ3n) is 3.25. The van der Waals surface area contributed by atoms with Crippen LogP contribution in [0, 0.1) is 0 Å². The first-order valence-electron chi connectivity index (χ1n) is 6.19. The fraction of sp³-hybridized carbons (Fsp3) is 0.571. The zero-order chi connectivity index (χ0) is 11.2. The van der Waals surface area contributed by atoms with Crippen LogP contribution in [-0.2, 0) is 17.8 Å². The Morgan fingerprint density at radius 2 is 1.69 bits per heavy atom. The molecule has 2 heteroatoms. The standard InChI is InChI=1S/C14H20O2/c15-11-13-7-5-12(6-8-13)9-10-16-14-3-1-2-4-14/h5-8,14-15H,1-4,9-11H2. The first-order chi connectivity index (χ1) is 7.88. The van der Waals surface area contributed by atoms with Crippen molar-refractivity contribution in [3.63, 3.8) is 0 Å². The Morgan fingerprint density at radius 3 is 2.31 bits per heavy atom. The van der Waals surface area contributed by atoms with Gasteiger partial charge in [-0.2, -0.15) is 0 Å². The maximum absolute atomic E-state index is 8.92. The molecule has 16 heavy (non-hydrogen) atoms. The molecule has 0 bridgehead atoms. The molecule has 2 nitrogen and oxygen atoms in total. The number of benzene rings is 1. The van der Waals surface area contributed by atoms with Crippen molar-refractivity contribution in [2.45, 2.75) is 44.8 Å². The minimum atomic E-state index is 0.124. The van der Waals surface area contributed by atoms with Crippen LogP contribution in [0.25, 0.3) is 0 Å². The van der Waals surface area contributed by atoms with Crippen LogP contribution in [-0.4, -0.2) is 17.8 Å². The van der Waals surface area contributed by atoms with Gasteiger partial charge in [-0.05, 0) is 30.4 Å². The summed E-state index contributed by atoms with van der Waals surface area (Å²) in [5.41, 5.74) is 2.26. The van der Waals surface area contributed by atoms with Crippen LogP contribution in [0.2, 0.25) is 0 Å². The number of hydrogen-bond acceptors (Lipinski definition) is 2. The normalized spacial score (nSPS) is 16.8. The lowest BCUT2D eigenvalue weighted by atomic mass is 10.1. The predicted octanol–water partition coefficient (Wildman–Crippen LogP) is 2.68. The maximum atomic E-state index is 8.92. The van der Waals surface area contributed by atoms with E-state index in [-0.39, 0.29) is 6.61 Å². The second-order valence-electron chi connectivity index (χ2n) is 4.50. The number of rotatable bonds is 5. The van der Waals surface area contributed by atoms with Crippen LogP contribution in [0.1, 0.15) is 36.8 Å². The molecule has 0 heterocycles. The molecule has 2 rings (SSSR count). The Labute approximate surface area is 97.3 Å². The molecule has 1 fully saturated rings. The van der Waals surface area contributed by atoms with Crippen LogP contribution >= 0.6 is 0 Å². The molecule has 1 aliphatic carbocycles. The van der Waals surface area contributed by atoms with Gasteiger partial charge in [0, 0.05) is 0 Å². The molecule has 1 N–H and O–H groups in total. The molecular formula is C14H20O2. The van der Waals surface area contributed by atoms with Crippen LogP contribution in [0.15, 0.2) is 24.3 Å². The van der Waals surface area contributed by atoms with Crippen LogP contribution in [0.4, 0.5) is 0 Å². The van der Waals surface area contributed by atoms with Gasteiger partial charge in [0.2, 0.25) is 0 Å². The highest BCUT2D eigenvalue weighted by molar-refractivity contribution is 5.21. The van der Waals surface area contributed by atoms with Gasteiger partial charge in [-0.25, -0.2) is 0 Å². The van der Waals surface area contributed by atoms with Gasteiger partial charge in [0.15, 0.2) is 0 Å². The molecule has 0 amide bonds. The van der Waals surface area contributed by atoms with E-state index in [4.69, 9.17) is 9.84 Å². The van der Waals surface area contributed by atoms with Gasteiger partial charge in [0.05, 0.1) is 19.3 Å². The average Bonchev–Trinajstić information content (AvgIpc) is 2.83. The van der Waals surface area contributed by atoms with Gasteiger partial charge in [0.25, 0.3) is 0 Å². The molecule has 0 atom stereocenters. The molecule has 1 saturated carbocycles. The minimum Gasteiger partial charge on any atom is -0.392 e. The first-order valence-corrected chi connectivity index (χ1v) is 6.19. The average molecular weight is 220 g/mol. The van der Waals surface area contributed by atoms with Gasteiger partial charge in [0.1, 0.15) is 0 Å². The molecule has 1 aromatic carbocycles. The van der Waals surface area contributed by atoms with E-state index >= 15 is 0 Å². The Bertz CT molecular complexity index is 299. The van der Waals surface area contributed by atoms with Gasteiger partial charge >= 0.3 is 0 Å². The monoisotopic (exact) mass is 220 g/mol. The summed E-state index contributed by atoms with van der Waals surface area (Å²) >= 11 is 0. The quantitative estimate of drug-likeness (QED) is 0.826. The summed E-state index contributed by atoms with van der Waals surface area (Å²) in [5.74, 6) is 0. The van der Waals surface area contributed by atoms with E-state index in [1.807, 2.05) is 12.1 Å². The fourth-order valence-electron chi connectivity index (χ4n) is 2.21. The lowest BCUT2D eigenvalue weighted by molar-refractivity contribution is 0.0606. The lowest BCUT2D eigenvalue weighted by Gasteiger charge is -2.10. The SMILES string of the molecule is OCc1ccc(CCOC2CCCC2)cc1. The zero-order valence-electron chi connectivity index (χ0n) is 9.69. The summed E-state index contributed by atoms with van der Waals surface area (Å²) in [6, 6.07) is 8.10. The molecule has 88 valence electrons. The van der Waals surface area contributed by atoms with Gasteiger partial charge in [-0.3, -0.25) is 0 Å². The molecule has 0 aliphatic heterocycles. The highest BCUT2D eigenvalue weighted by Crippen LogP contribution is 2.21. The summed E-state index contributed by atoms with van der Waals surface area (Å²) in [4.78, 5) is 0. The molecule has 0 radical (unpaired) electrons. The van der Waals surface area contributed by atoms with Gasteiger partial charge in [-0.15, -0.1) is 0 Å². The van der Waals surface area contributed by atoms with Crippen molar-refractivity contribution < 1.29 is 9.84 Å². The van der Waals surface area contributed by atoms with E-state index < -0.39 is 0 Å². The van der Waals surface area contributed by atoms with Crippen molar-refractivity contribution in [1.29, 1.82) is 0 Å². The van der Waals surface area contributed by atoms with E-state index in [9.17, 15) is 0 Å². The van der Waals surface area contributed by atoms with Crippen molar-refractivity contribution in [2.24, 2.45) is 0 Å². The molecule has 0 unspecified atom stereocenters. The van der Waals surface area contributed by atoms with E-state index in [1.54, 1.807) is 0 Å². The summed E-state index contributed by atoms with van der Waals surface area (Å²) in [5, 5.41) is 8.92. The van der Waals surface area contributed by atoms with Crippen molar-refractivity contribution in [2.75, 3.05) is 6.61 Å². The van der Waals surface area contributed by atoms with E-state index in [2.05, 4.69) is 12.1 Å². The molecular weight excluding hydrogens is 200 g/mol. The van der Waals surface area contributed by atoms with Crippen molar-refractivity contribution in [1.82, 2.24) is 0 Å². The molecule has 1 aliphatic rings.